The predicted octanol–water partition coefficient (Wildman–Crippen LogP) is -1.24. The third-order valence-electron chi connectivity index (χ3n) is 7.76. The second kappa shape index (κ2) is 12.9. The van der Waals surface area contributed by atoms with Crippen LogP contribution in [0.1, 0.15) is 49.7 Å². The molecule has 0 spiro atoms. The molecule has 2 saturated heterocycles. The maximum absolute atomic E-state index is 12.9. The molecule has 2 fully saturated rings. The van der Waals surface area contributed by atoms with E-state index in [1.54, 1.807) is 0 Å². The molecule has 6 heteroatoms. The van der Waals surface area contributed by atoms with Crippen molar-refractivity contribution in [1.82, 2.24) is 0 Å². The highest BCUT2D eigenvalue weighted by Crippen LogP contribution is 2.24. The van der Waals surface area contributed by atoms with Crippen LogP contribution in [0, 0.1) is 0 Å². The molecule has 0 aromatic heterocycles. The minimum atomic E-state index is 0. The van der Waals surface area contributed by atoms with Crippen LogP contribution in [-0.2, 0) is 22.4 Å². The largest absolute Gasteiger partial charge is 1.00 e. The van der Waals surface area contributed by atoms with Crippen LogP contribution < -0.4 is 48.0 Å². The molecule has 0 atom stereocenters. The van der Waals surface area contributed by atoms with Crippen LogP contribution in [0.3, 0.4) is 0 Å². The van der Waals surface area contributed by atoms with Crippen LogP contribution in [0.2, 0.25) is 0 Å². The van der Waals surface area contributed by atoms with Crippen molar-refractivity contribution >= 4 is 11.8 Å². The van der Waals surface area contributed by atoms with Gasteiger partial charge in [-0.3, -0.25) is 8.97 Å². The number of halogens is 2. The zero-order valence-electron chi connectivity index (χ0n) is 20.6. The lowest BCUT2D eigenvalue weighted by Gasteiger charge is -2.35. The normalized spacial score (nSPS) is 18.8. The smallest absolute Gasteiger partial charge is 0.317 e. The summed E-state index contributed by atoms with van der Waals surface area (Å²) in [6.07, 6.45) is 8.14. The average molecular weight is 688 g/mol. The van der Waals surface area contributed by atoms with Gasteiger partial charge >= 0.3 is 11.8 Å². The van der Waals surface area contributed by atoms with Gasteiger partial charge < -0.3 is 48.0 Å². The van der Waals surface area contributed by atoms with Gasteiger partial charge in [0.15, 0.2) is 0 Å². The maximum atomic E-state index is 12.9. The van der Waals surface area contributed by atoms with E-state index in [2.05, 4.69) is 62.6 Å². The first-order chi connectivity index (χ1) is 15.4. The van der Waals surface area contributed by atoms with Crippen molar-refractivity contribution in [3.8, 4) is 11.1 Å². The van der Waals surface area contributed by atoms with Gasteiger partial charge in [0.25, 0.3) is 0 Å². The highest BCUT2D eigenvalue weighted by Gasteiger charge is 2.34. The molecule has 2 aliphatic rings. The van der Waals surface area contributed by atoms with Crippen LogP contribution >= 0.6 is 0 Å². The number of likely N-dealkylation sites (N-methyl/N-ethyl adjacent to an activating group) is 2. The van der Waals surface area contributed by atoms with Gasteiger partial charge in [-0.25, -0.2) is 9.59 Å². The van der Waals surface area contributed by atoms with Crippen LogP contribution in [0.15, 0.2) is 48.5 Å². The third-order valence-corrected chi connectivity index (χ3v) is 7.76. The molecule has 34 heavy (non-hydrogen) atoms. The summed E-state index contributed by atoms with van der Waals surface area (Å²) in [5.74, 6) is 0.660. The first-order valence-corrected chi connectivity index (χ1v) is 12.3. The van der Waals surface area contributed by atoms with Crippen molar-refractivity contribution in [2.24, 2.45) is 0 Å². The van der Waals surface area contributed by atoms with E-state index in [0.29, 0.717) is 33.6 Å². The van der Waals surface area contributed by atoms with Crippen LogP contribution in [0.5, 0.6) is 0 Å². The average Bonchev–Trinajstić information content (AvgIpc) is 2.81. The lowest BCUT2D eigenvalue weighted by atomic mass is 9.99. The molecule has 2 amide bonds. The second-order valence-electron chi connectivity index (χ2n) is 10.3. The molecule has 0 saturated carbocycles. The van der Waals surface area contributed by atoms with Gasteiger partial charge in [-0.2, -0.15) is 0 Å². The summed E-state index contributed by atoms with van der Waals surface area (Å²) in [6, 6.07) is 16.8. The number of hydrogen-bond donors (Lipinski definition) is 0. The first-order valence-electron chi connectivity index (χ1n) is 12.3. The van der Waals surface area contributed by atoms with Gasteiger partial charge in [0.05, 0.1) is 53.1 Å². The molecule has 2 aromatic rings. The van der Waals surface area contributed by atoms with E-state index in [1.165, 1.54) is 12.8 Å². The Hall–Kier alpha value is -0.840. The third kappa shape index (κ3) is 7.11. The summed E-state index contributed by atoms with van der Waals surface area (Å²) >= 11 is 0. The van der Waals surface area contributed by atoms with E-state index in [-0.39, 0.29) is 48.0 Å². The van der Waals surface area contributed by atoms with E-state index in [9.17, 15) is 9.59 Å². The maximum Gasteiger partial charge on any atom is 0.317 e. The van der Waals surface area contributed by atoms with Crippen molar-refractivity contribution in [2.75, 3.05) is 40.3 Å². The zero-order chi connectivity index (χ0) is 22.6. The highest BCUT2D eigenvalue weighted by atomic mass is 127. The molecule has 0 bridgehead atoms. The molecule has 0 unspecified atom stereocenters. The van der Waals surface area contributed by atoms with Gasteiger partial charge in [0.2, 0.25) is 0 Å². The second-order valence-corrected chi connectivity index (χ2v) is 10.3. The number of nitrogens with zero attached hydrogens (tertiary/aromatic N) is 2. The number of hydrogen-bond acceptors (Lipinski definition) is 2. The van der Waals surface area contributed by atoms with E-state index < -0.39 is 0 Å². The minimum Gasteiger partial charge on any atom is -1.00 e. The number of carbonyl (C=O) groups is 2. The Bertz CT molecular complexity index is 866. The van der Waals surface area contributed by atoms with E-state index in [0.717, 1.165) is 74.1 Å². The van der Waals surface area contributed by atoms with Gasteiger partial charge in [0, 0.05) is 0 Å². The Morgan fingerprint density at radius 1 is 0.559 bits per heavy atom. The van der Waals surface area contributed by atoms with Crippen LogP contribution in [-0.4, -0.2) is 61.1 Å². The molecular formula is C28H38I2N2O2. The summed E-state index contributed by atoms with van der Waals surface area (Å²) in [5, 5.41) is 0. The molecule has 2 aromatic carbocycles. The molecule has 2 heterocycles. The summed E-state index contributed by atoms with van der Waals surface area (Å²) in [7, 11) is 4.19. The number of piperidine rings is 2. The Kier molecular flexibility index (Phi) is 11.2. The number of benzene rings is 2. The van der Waals surface area contributed by atoms with Crippen molar-refractivity contribution < 1.29 is 66.5 Å². The lowest BCUT2D eigenvalue weighted by Crippen LogP contribution is -3.00. The first kappa shape index (κ1) is 29.4. The molecular weight excluding hydrogens is 650 g/mol. The summed E-state index contributed by atoms with van der Waals surface area (Å²) in [5.41, 5.74) is 4.47. The van der Waals surface area contributed by atoms with Crippen LogP contribution in [0.25, 0.3) is 11.1 Å². The standard InChI is InChI=1S/C28H38N2O2.2HI/c1-29(17-5-3-6-18-29)27(31)21-23-9-13-25(14-10-23)26-15-11-24(12-16-26)22-28(32)30(2)19-7-4-8-20-30;;/h9-16H,3-8,17-22H2,1-2H3;2*1H/q+2;;/p-2. The van der Waals surface area contributed by atoms with Crippen molar-refractivity contribution in [2.45, 2.75) is 51.4 Å². The minimum absolute atomic E-state index is 0. The number of likely N-dealkylation sites (tertiary alicyclic amines) is 2. The fourth-order valence-corrected chi connectivity index (χ4v) is 5.28. The summed E-state index contributed by atoms with van der Waals surface area (Å²) in [4.78, 5) is 25.7. The highest BCUT2D eigenvalue weighted by molar-refractivity contribution is 5.74. The number of carbonyl (C=O) groups excluding carboxylic acids is 2. The number of rotatable bonds is 5. The molecule has 0 N–H and O–H groups in total. The van der Waals surface area contributed by atoms with Crippen molar-refractivity contribution in [3.05, 3.63) is 59.7 Å². The summed E-state index contributed by atoms with van der Waals surface area (Å²) < 4.78 is 1.17. The Morgan fingerprint density at radius 3 is 1.15 bits per heavy atom. The topological polar surface area (TPSA) is 34.1 Å². The molecule has 0 aliphatic carbocycles. The lowest BCUT2D eigenvalue weighted by molar-refractivity contribution is -0.839. The van der Waals surface area contributed by atoms with Gasteiger partial charge in [-0.15, -0.1) is 0 Å². The molecule has 4 rings (SSSR count). The molecule has 4 nitrogen and oxygen atoms in total. The van der Waals surface area contributed by atoms with E-state index in [1.807, 2.05) is 0 Å². The quantitative estimate of drug-likeness (QED) is 0.292. The molecule has 0 radical (unpaired) electrons. The number of quaternary nitrogens is 2. The Balaban J connectivity index is 0.00000204. The fraction of sp³-hybridized carbons (Fsp3) is 0.500. The van der Waals surface area contributed by atoms with Gasteiger partial charge in [-0.05, 0) is 60.8 Å². The van der Waals surface area contributed by atoms with E-state index in [4.69, 9.17) is 0 Å². The predicted molar refractivity (Wildman–Crippen MR) is 129 cm³/mol. The molecule has 186 valence electrons. The molecule has 2 aliphatic heterocycles. The van der Waals surface area contributed by atoms with E-state index >= 15 is 0 Å². The Morgan fingerprint density at radius 2 is 0.853 bits per heavy atom. The summed E-state index contributed by atoms with van der Waals surface area (Å²) in [6.45, 7) is 3.90. The van der Waals surface area contributed by atoms with Gasteiger partial charge in [-0.1, -0.05) is 48.5 Å². The SMILES string of the molecule is C[N+]1(C(=O)Cc2ccc(-c3ccc(CC(=O)[N+]4(C)CCCCC4)cc3)cc2)CCCCC1.[I-].[I-]. The Labute approximate surface area is 239 Å². The zero-order valence-corrected chi connectivity index (χ0v) is 24.9. The van der Waals surface area contributed by atoms with Crippen LogP contribution in [0.4, 0.5) is 0 Å². The van der Waals surface area contributed by atoms with Gasteiger partial charge in [0.1, 0.15) is 0 Å². The monoisotopic (exact) mass is 688 g/mol. The fourth-order valence-electron chi connectivity index (χ4n) is 5.28. The van der Waals surface area contributed by atoms with Crippen molar-refractivity contribution in [1.29, 1.82) is 0 Å². The van der Waals surface area contributed by atoms with Crippen molar-refractivity contribution in [3.63, 3.8) is 0 Å². The number of amides is 2.